The van der Waals surface area contributed by atoms with Crippen LogP contribution in [-0.2, 0) is 4.74 Å². The molecule has 0 amide bonds. The smallest absolute Gasteiger partial charge is 0.0757 e. The first-order valence-electron chi connectivity index (χ1n) is 7.46. The maximum Gasteiger partial charge on any atom is 0.0757 e. The summed E-state index contributed by atoms with van der Waals surface area (Å²) in [7, 11) is 0. The summed E-state index contributed by atoms with van der Waals surface area (Å²) in [6, 6.07) is 0. The van der Waals surface area contributed by atoms with E-state index in [1.807, 2.05) is 0 Å². The number of ether oxygens (including phenoxy) is 1. The molecule has 0 aromatic heterocycles. The average molecular weight is 271 g/mol. The van der Waals surface area contributed by atoms with Crippen molar-refractivity contribution in [2.45, 2.75) is 64.6 Å². The Bertz CT molecular complexity index is 274. The molecule has 1 heterocycles. The van der Waals surface area contributed by atoms with Crippen molar-refractivity contribution >= 4 is 12.6 Å². The Kier molecular flexibility index (Phi) is 4.66. The van der Waals surface area contributed by atoms with Gasteiger partial charge in [-0.2, -0.15) is 12.6 Å². The molecule has 1 aliphatic heterocycles. The first kappa shape index (κ1) is 14.7. The van der Waals surface area contributed by atoms with Gasteiger partial charge in [-0.3, -0.25) is 4.90 Å². The summed E-state index contributed by atoms with van der Waals surface area (Å²) in [5, 5.41) is 0. The molecule has 1 aliphatic carbocycles. The van der Waals surface area contributed by atoms with Crippen LogP contribution < -0.4 is 0 Å². The molecule has 1 unspecified atom stereocenters. The van der Waals surface area contributed by atoms with Crippen molar-refractivity contribution in [3.8, 4) is 0 Å². The highest BCUT2D eigenvalue weighted by Crippen LogP contribution is 2.39. The van der Waals surface area contributed by atoms with Crippen molar-refractivity contribution in [3.05, 3.63) is 0 Å². The van der Waals surface area contributed by atoms with Gasteiger partial charge in [-0.15, -0.1) is 0 Å². The van der Waals surface area contributed by atoms with Gasteiger partial charge in [0.1, 0.15) is 0 Å². The van der Waals surface area contributed by atoms with Gasteiger partial charge >= 0.3 is 0 Å². The molecule has 1 saturated carbocycles. The van der Waals surface area contributed by atoms with Crippen LogP contribution in [0.3, 0.4) is 0 Å². The Hall–Kier alpha value is 0.270. The summed E-state index contributed by atoms with van der Waals surface area (Å²) in [6.07, 6.45) is 7.29. The van der Waals surface area contributed by atoms with E-state index in [2.05, 4.69) is 38.3 Å². The van der Waals surface area contributed by atoms with E-state index in [0.717, 1.165) is 18.8 Å². The van der Waals surface area contributed by atoms with E-state index < -0.39 is 0 Å². The Morgan fingerprint density at radius 1 is 1.22 bits per heavy atom. The third kappa shape index (κ3) is 3.64. The summed E-state index contributed by atoms with van der Waals surface area (Å²) in [4.78, 5) is 2.62. The minimum absolute atomic E-state index is 0.00409. The molecular formula is C15H29NOS. The highest BCUT2D eigenvalue weighted by atomic mass is 32.1. The molecular weight excluding hydrogens is 242 g/mol. The van der Waals surface area contributed by atoms with Crippen LogP contribution in [0.2, 0.25) is 0 Å². The van der Waals surface area contributed by atoms with Crippen LogP contribution in [0.25, 0.3) is 0 Å². The minimum atomic E-state index is 0.00409. The summed E-state index contributed by atoms with van der Waals surface area (Å²) in [5.41, 5.74) is 0.471. The largest absolute Gasteiger partial charge is 0.370 e. The van der Waals surface area contributed by atoms with Crippen molar-refractivity contribution in [1.82, 2.24) is 4.90 Å². The van der Waals surface area contributed by atoms with E-state index in [0.29, 0.717) is 11.5 Å². The molecule has 2 rings (SSSR count). The van der Waals surface area contributed by atoms with Crippen LogP contribution in [-0.4, -0.2) is 42.0 Å². The van der Waals surface area contributed by atoms with Gasteiger partial charge in [0, 0.05) is 19.6 Å². The van der Waals surface area contributed by atoms with E-state index in [1.165, 1.54) is 38.6 Å². The monoisotopic (exact) mass is 271 g/mol. The highest BCUT2D eigenvalue weighted by molar-refractivity contribution is 7.80. The molecule has 1 atom stereocenters. The number of nitrogens with zero attached hydrogens (tertiary/aromatic N) is 1. The van der Waals surface area contributed by atoms with Gasteiger partial charge in [0.15, 0.2) is 0 Å². The zero-order valence-electron chi connectivity index (χ0n) is 12.2. The maximum absolute atomic E-state index is 6.00. The Morgan fingerprint density at radius 3 is 2.44 bits per heavy atom. The standard InChI is InChI=1S/C15H29NOS/c1-13-9-16(10-14(2,3)17-13)11-15(12-18)7-5-4-6-8-15/h13,18H,4-12H2,1-3H3. The lowest BCUT2D eigenvalue weighted by molar-refractivity contribution is -0.135. The third-order valence-electron chi connectivity index (χ3n) is 4.45. The quantitative estimate of drug-likeness (QED) is 0.790. The molecule has 0 N–H and O–H groups in total. The van der Waals surface area contributed by atoms with Crippen molar-refractivity contribution in [2.75, 3.05) is 25.4 Å². The summed E-state index contributed by atoms with van der Waals surface area (Å²) < 4.78 is 6.00. The molecule has 2 aliphatic rings. The molecule has 3 heteroatoms. The van der Waals surface area contributed by atoms with Gasteiger partial charge < -0.3 is 4.74 Å². The van der Waals surface area contributed by atoms with Crippen LogP contribution in [0.15, 0.2) is 0 Å². The molecule has 2 nitrogen and oxygen atoms in total. The first-order valence-corrected chi connectivity index (χ1v) is 8.09. The predicted octanol–water partition coefficient (Wildman–Crippen LogP) is 3.37. The predicted molar refractivity (Wildman–Crippen MR) is 80.4 cm³/mol. The first-order chi connectivity index (χ1) is 8.45. The van der Waals surface area contributed by atoms with Crippen molar-refractivity contribution < 1.29 is 4.74 Å². The van der Waals surface area contributed by atoms with Crippen LogP contribution in [0.5, 0.6) is 0 Å². The Labute approximate surface area is 118 Å². The summed E-state index contributed by atoms with van der Waals surface area (Å²) in [5.74, 6) is 1.04. The second kappa shape index (κ2) is 5.72. The SMILES string of the molecule is CC1CN(CC2(CS)CCCCC2)CC(C)(C)O1. The number of hydrogen-bond acceptors (Lipinski definition) is 3. The van der Waals surface area contributed by atoms with Gasteiger partial charge in [-0.25, -0.2) is 0 Å². The molecule has 18 heavy (non-hydrogen) atoms. The van der Waals surface area contributed by atoms with E-state index in [9.17, 15) is 0 Å². The second-order valence-electron chi connectivity index (χ2n) is 7.08. The molecule has 106 valence electrons. The van der Waals surface area contributed by atoms with Crippen LogP contribution in [0.1, 0.15) is 52.9 Å². The van der Waals surface area contributed by atoms with E-state index in [1.54, 1.807) is 0 Å². The third-order valence-corrected chi connectivity index (χ3v) is 5.12. The lowest BCUT2D eigenvalue weighted by atomic mass is 9.75. The number of hydrogen-bond donors (Lipinski definition) is 1. The van der Waals surface area contributed by atoms with Crippen molar-refractivity contribution in [3.63, 3.8) is 0 Å². The van der Waals surface area contributed by atoms with Crippen LogP contribution in [0, 0.1) is 5.41 Å². The van der Waals surface area contributed by atoms with E-state index in [-0.39, 0.29) is 5.60 Å². The number of rotatable bonds is 3. The fraction of sp³-hybridized carbons (Fsp3) is 1.00. The molecule has 0 bridgehead atoms. The van der Waals surface area contributed by atoms with Crippen LogP contribution in [0.4, 0.5) is 0 Å². The lowest BCUT2D eigenvalue weighted by Gasteiger charge is -2.47. The van der Waals surface area contributed by atoms with Crippen LogP contribution >= 0.6 is 12.6 Å². The van der Waals surface area contributed by atoms with E-state index in [4.69, 9.17) is 4.74 Å². The minimum Gasteiger partial charge on any atom is -0.370 e. The summed E-state index contributed by atoms with van der Waals surface area (Å²) in [6.45, 7) is 9.98. The highest BCUT2D eigenvalue weighted by Gasteiger charge is 2.37. The van der Waals surface area contributed by atoms with Gasteiger partial charge in [0.05, 0.1) is 11.7 Å². The molecule has 0 spiro atoms. The zero-order chi connectivity index (χ0) is 13.2. The topological polar surface area (TPSA) is 12.5 Å². The van der Waals surface area contributed by atoms with E-state index >= 15 is 0 Å². The maximum atomic E-state index is 6.00. The second-order valence-corrected chi connectivity index (χ2v) is 7.39. The van der Waals surface area contributed by atoms with Gasteiger partial charge in [-0.05, 0) is 44.8 Å². The lowest BCUT2D eigenvalue weighted by Crippen LogP contribution is -2.55. The Balaban J connectivity index is 1.98. The molecule has 0 aromatic carbocycles. The van der Waals surface area contributed by atoms with Gasteiger partial charge in [0.25, 0.3) is 0 Å². The summed E-state index contributed by atoms with van der Waals surface area (Å²) >= 11 is 4.66. The average Bonchev–Trinajstić information content (AvgIpc) is 2.27. The zero-order valence-corrected chi connectivity index (χ0v) is 13.1. The fourth-order valence-corrected chi connectivity index (χ4v) is 4.26. The van der Waals surface area contributed by atoms with Gasteiger partial charge in [-0.1, -0.05) is 19.3 Å². The normalized spacial score (nSPS) is 32.3. The number of thiol groups is 1. The number of morpholine rings is 1. The Morgan fingerprint density at radius 2 is 1.89 bits per heavy atom. The van der Waals surface area contributed by atoms with Crippen molar-refractivity contribution in [1.29, 1.82) is 0 Å². The molecule has 1 saturated heterocycles. The fourth-order valence-electron chi connectivity index (χ4n) is 3.85. The molecule has 0 aromatic rings. The molecule has 0 radical (unpaired) electrons. The molecule has 2 fully saturated rings. The van der Waals surface area contributed by atoms with Gasteiger partial charge in [0.2, 0.25) is 0 Å². The van der Waals surface area contributed by atoms with Crippen molar-refractivity contribution in [2.24, 2.45) is 5.41 Å².